The van der Waals surface area contributed by atoms with Crippen LogP contribution in [0.5, 0.6) is 5.75 Å². The second-order valence-electron chi connectivity index (χ2n) is 4.04. The van der Waals surface area contributed by atoms with Crippen molar-refractivity contribution in [1.29, 1.82) is 0 Å². The molecule has 0 saturated heterocycles. The average molecular weight is 248 g/mol. The third kappa shape index (κ3) is 3.20. The van der Waals surface area contributed by atoms with Gasteiger partial charge in [-0.05, 0) is 31.0 Å². The zero-order valence-electron chi connectivity index (χ0n) is 10.1. The Labute approximate surface area is 105 Å². The van der Waals surface area contributed by atoms with Crippen LogP contribution in [0.3, 0.4) is 0 Å². The van der Waals surface area contributed by atoms with E-state index >= 15 is 0 Å². The predicted octanol–water partition coefficient (Wildman–Crippen LogP) is 2.96. The molecule has 2 N–H and O–H groups in total. The molecule has 4 heteroatoms. The van der Waals surface area contributed by atoms with E-state index in [0.717, 1.165) is 23.4 Å². The Hall–Kier alpha value is -1.55. The summed E-state index contributed by atoms with van der Waals surface area (Å²) < 4.78 is 5.75. The summed E-state index contributed by atoms with van der Waals surface area (Å²) in [6, 6.07) is 6.22. The Balaban J connectivity index is 1.91. The molecule has 0 aliphatic rings. The van der Waals surface area contributed by atoms with Gasteiger partial charge in [-0.15, -0.1) is 11.3 Å². The van der Waals surface area contributed by atoms with Gasteiger partial charge in [-0.1, -0.05) is 12.1 Å². The van der Waals surface area contributed by atoms with E-state index in [1.807, 2.05) is 5.38 Å². The van der Waals surface area contributed by atoms with Crippen LogP contribution >= 0.6 is 11.3 Å². The highest BCUT2D eigenvalue weighted by molar-refractivity contribution is 7.13. The molecule has 0 spiro atoms. The van der Waals surface area contributed by atoms with Crippen molar-refractivity contribution >= 4 is 16.5 Å². The van der Waals surface area contributed by atoms with Gasteiger partial charge in [-0.2, -0.15) is 0 Å². The van der Waals surface area contributed by atoms with Gasteiger partial charge in [0, 0.05) is 11.8 Å². The quantitative estimate of drug-likeness (QED) is 0.905. The van der Waals surface area contributed by atoms with Crippen molar-refractivity contribution in [1.82, 2.24) is 4.98 Å². The van der Waals surface area contributed by atoms with Crippen LogP contribution in [-0.2, 0) is 6.42 Å². The van der Waals surface area contributed by atoms with Crippen LogP contribution in [0.25, 0.3) is 0 Å². The zero-order chi connectivity index (χ0) is 12.3. The van der Waals surface area contributed by atoms with Gasteiger partial charge in [0.15, 0.2) is 5.13 Å². The fraction of sp³-hybridized carbons (Fsp3) is 0.308. The summed E-state index contributed by atoms with van der Waals surface area (Å²) in [5, 5.41) is 2.59. The normalized spacial score (nSPS) is 10.5. The van der Waals surface area contributed by atoms with Crippen molar-refractivity contribution in [3.8, 4) is 5.75 Å². The molecule has 2 aromatic rings. The Kier molecular flexibility index (Phi) is 3.64. The summed E-state index contributed by atoms with van der Waals surface area (Å²) in [6.07, 6.45) is 0.793. The van der Waals surface area contributed by atoms with E-state index in [4.69, 9.17) is 10.5 Å². The van der Waals surface area contributed by atoms with Crippen molar-refractivity contribution in [2.75, 3.05) is 12.3 Å². The summed E-state index contributed by atoms with van der Waals surface area (Å²) in [4.78, 5) is 4.20. The number of ether oxygens (including phenoxy) is 1. The Morgan fingerprint density at radius 1 is 1.35 bits per heavy atom. The first-order valence-electron chi connectivity index (χ1n) is 5.55. The maximum Gasteiger partial charge on any atom is 0.180 e. The van der Waals surface area contributed by atoms with E-state index in [2.05, 4.69) is 37.0 Å². The van der Waals surface area contributed by atoms with Crippen molar-refractivity contribution < 1.29 is 4.74 Å². The van der Waals surface area contributed by atoms with E-state index in [1.165, 1.54) is 16.9 Å². The number of nitrogens with zero attached hydrogens (tertiary/aromatic N) is 1. The number of hydrogen-bond donors (Lipinski definition) is 1. The second kappa shape index (κ2) is 5.19. The van der Waals surface area contributed by atoms with Gasteiger partial charge in [0.2, 0.25) is 0 Å². The lowest BCUT2D eigenvalue weighted by Gasteiger charge is -2.09. The predicted molar refractivity (Wildman–Crippen MR) is 71.6 cm³/mol. The zero-order valence-corrected chi connectivity index (χ0v) is 10.9. The number of nitrogen functional groups attached to an aromatic ring is 1. The van der Waals surface area contributed by atoms with Gasteiger partial charge in [0.25, 0.3) is 0 Å². The first-order chi connectivity index (χ1) is 8.15. The monoisotopic (exact) mass is 248 g/mol. The van der Waals surface area contributed by atoms with Gasteiger partial charge in [0.05, 0.1) is 12.3 Å². The summed E-state index contributed by atoms with van der Waals surface area (Å²) in [6.45, 7) is 4.75. The lowest BCUT2D eigenvalue weighted by molar-refractivity contribution is 0.318. The van der Waals surface area contributed by atoms with Crippen LogP contribution in [-0.4, -0.2) is 11.6 Å². The highest BCUT2D eigenvalue weighted by Gasteiger charge is 2.02. The largest absolute Gasteiger partial charge is 0.493 e. The smallest absolute Gasteiger partial charge is 0.180 e. The standard InChI is InChI=1S/C13H16N2OS/c1-9-3-4-10(2)12(7-9)16-6-5-11-8-17-13(14)15-11/h3-4,7-8H,5-6H2,1-2H3,(H2,14,15). The highest BCUT2D eigenvalue weighted by Crippen LogP contribution is 2.19. The third-order valence-electron chi connectivity index (χ3n) is 2.53. The maximum atomic E-state index is 5.75. The van der Waals surface area contributed by atoms with Crippen molar-refractivity contribution in [2.45, 2.75) is 20.3 Å². The number of aryl methyl sites for hydroxylation is 2. The SMILES string of the molecule is Cc1ccc(C)c(OCCc2csc(N)n2)c1. The van der Waals surface area contributed by atoms with E-state index < -0.39 is 0 Å². The van der Waals surface area contributed by atoms with Crippen molar-refractivity contribution in [3.63, 3.8) is 0 Å². The first kappa shape index (κ1) is 11.9. The minimum absolute atomic E-state index is 0.617. The molecule has 17 heavy (non-hydrogen) atoms. The molecule has 0 saturated carbocycles. The number of aromatic nitrogens is 1. The molecular weight excluding hydrogens is 232 g/mol. The Morgan fingerprint density at radius 2 is 2.18 bits per heavy atom. The number of nitrogens with two attached hydrogens (primary N) is 1. The van der Waals surface area contributed by atoms with Gasteiger partial charge < -0.3 is 10.5 Å². The van der Waals surface area contributed by atoms with Crippen LogP contribution < -0.4 is 10.5 Å². The summed E-state index contributed by atoms with van der Waals surface area (Å²) in [5.74, 6) is 0.952. The molecule has 3 nitrogen and oxygen atoms in total. The number of anilines is 1. The Morgan fingerprint density at radius 3 is 2.88 bits per heavy atom. The van der Waals surface area contributed by atoms with E-state index in [1.54, 1.807) is 0 Å². The van der Waals surface area contributed by atoms with Crippen LogP contribution in [0.1, 0.15) is 16.8 Å². The topological polar surface area (TPSA) is 48.1 Å². The molecular formula is C13H16N2OS. The minimum Gasteiger partial charge on any atom is -0.493 e. The molecule has 1 heterocycles. The van der Waals surface area contributed by atoms with Gasteiger partial charge in [-0.3, -0.25) is 0 Å². The third-order valence-corrected chi connectivity index (χ3v) is 3.25. The number of thiazole rings is 1. The number of rotatable bonds is 4. The average Bonchev–Trinajstić information content (AvgIpc) is 2.69. The minimum atomic E-state index is 0.617. The molecule has 0 amide bonds. The fourth-order valence-electron chi connectivity index (χ4n) is 1.57. The molecule has 0 fully saturated rings. The number of hydrogen-bond acceptors (Lipinski definition) is 4. The van der Waals surface area contributed by atoms with Crippen LogP contribution in [0.2, 0.25) is 0 Å². The van der Waals surface area contributed by atoms with Crippen LogP contribution in [0, 0.1) is 13.8 Å². The van der Waals surface area contributed by atoms with E-state index in [-0.39, 0.29) is 0 Å². The van der Waals surface area contributed by atoms with Crippen molar-refractivity contribution in [3.05, 3.63) is 40.4 Å². The molecule has 0 atom stereocenters. The fourth-order valence-corrected chi connectivity index (χ4v) is 2.16. The van der Waals surface area contributed by atoms with Gasteiger partial charge in [0.1, 0.15) is 5.75 Å². The number of benzene rings is 1. The molecule has 0 aliphatic heterocycles. The summed E-state index contributed by atoms with van der Waals surface area (Å²) in [7, 11) is 0. The first-order valence-corrected chi connectivity index (χ1v) is 6.43. The van der Waals surface area contributed by atoms with Gasteiger partial charge >= 0.3 is 0 Å². The van der Waals surface area contributed by atoms with Crippen molar-refractivity contribution in [2.24, 2.45) is 0 Å². The lowest BCUT2D eigenvalue weighted by Crippen LogP contribution is -2.03. The summed E-state index contributed by atoms with van der Waals surface area (Å²) >= 11 is 1.47. The van der Waals surface area contributed by atoms with E-state index in [0.29, 0.717) is 11.7 Å². The van der Waals surface area contributed by atoms with Gasteiger partial charge in [-0.25, -0.2) is 4.98 Å². The molecule has 0 radical (unpaired) electrons. The highest BCUT2D eigenvalue weighted by atomic mass is 32.1. The molecule has 1 aromatic carbocycles. The maximum absolute atomic E-state index is 5.75. The van der Waals surface area contributed by atoms with E-state index in [9.17, 15) is 0 Å². The Bertz CT molecular complexity index is 508. The second-order valence-corrected chi connectivity index (χ2v) is 4.93. The van der Waals surface area contributed by atoms with Crippen LogP contribution in [0.15, 0.2) is 23.6 Å². The molecule has 0 bridgehead atoms. The lowest BCUT2D eigenvalue weighted by atomic mass is 10.1. The molecule has 90 valence electrons. The summed E-state index contributed by atoms with van der Waals surface area (Å²) in [5.41, 5.74) is 8.94. The molecule has 1 aromatic heterocycles. The molecule has 0 unspecified atom stereocenters. The molecule has 2 rings (SSSR count). The van der Waals surface area contributed by atoms with Crippen LogP contribution in [0.4, 0.5) is 5.13 Å². The molecule has 0 aliphatic carbocycles.